The van der Waals surface area contributed by atoms with E-state index in [1.165, 1.54) is 21.7 Å². The molecule has 230 valence electrons. The molecule has 0 unspecified atom stereocenters. The number of carboxylic acid groups (broad SMARTS) is 1. The molecule has 0 bridgehead atoms. The quantitative estimate of drug-likeness (QED) is 0.230. The van der Waals surface area contributed by atoms with Crippen LogP contribution in [0.25, 0.3) is 21.1 Å². The number of aromatic nitrogens is 4. The topological polar surface area (TPSA) is 137 Å². The van der Waals surface area contributed by atoms with Crippen molar-refractivity contribution in [3.63, 3.8) is 0 Å². The van der Waals surface area contributed by atoms with Crippen molar-refractivity contribution < 1.29 is 27.8 Å². The minimum atomic E-state index is -3.99. The van der Waals surface area contributed by atoms with Gasteiger partial charge in [0.1, 0.15) is 16.5 Å². The fraction of sp³-hybridized carbons (Fsp3) is 0.355. The van der Waals surface area contributed by atoms with Crippen LogP contribution in [0.3, 0.4) is 0 Å². The molecule has 0 spiro atoms. The second kappa shape index (κ2) is 11.8. The predicted molar refractivity (Wildman–Crippen MR) is 167 cm³/mol. The molecule has 1 aliphatic heterocycles. The van der Waals surface area contributed by atoms with Crippen molar-refractivity contribution in [3.8, 4) is 11.8 Å². The number of fused-ring (bicyclic) bond motifs is 3. The van der Waals surface area contributed by atoms with Gasteiger partial charge in [0.05, 0.1) is 25.1 Å². The number of carbonyl (C=O) groups is 1. The van der Waals surface area contributed by atoms with Crippen molar-refractivity contribution in [3.05, 3.63) is 70.1 Å². The van der Waals surface area contributed by atoms with Gasteiger partial charge in [0, 0.05) is 30.3 Å². The smallest absolute Gasteiger partial charge is 0.304 e. The molecule has 2 atom stereocenters. The number of benzene rings is 2. The van der Waals surface area contributed by atoms with Crippen molar-refractivity contribution in [2.75, 3.05) is 13.2 Å². The van der Waals surface area contributed by atoms with E-state index >= 15 is 0 Å². The Morgan fingerprint density at radius 1 is 1.20 bits per heavy atom. The maximum Gasteiger partial charge on any atom is 0.304 e. The van der Waals surface area contributed by atoms with Gasteiger partial charge < -0.3 is 14.6 Å². The molecular weight excluding hydrogens is 603 g/mol. The molecular formula is C31H33N5O6S2. The molecule has 0 amide bonds. The van der Waals surface area contributed by atoms with E-state index in [0.29, 0.717) is 18.9 Å². The number of aliphatic carboxylic acids is 1. The van der Waals surface area contributed by atoms with E-state index < -0.39 is 28.0 Å². The minimum Gasteiger partial charge on any atom is -0.481 e. The first kappa shape index (κ1) is 30.0. The molecule has 4 heterocycles. The molecule has 0 saturated heterocycles. The lowest BCUT2D eigenvalue weighted by Crippen LogP contribution is -2.36. The number of thiophene rings is 1. The number of pyridine rings is 1. The van der Waals surface area contributed by atoms with E-state index in [1.54, 1.807) is 10.7 Å². The summed E-state index contributed by atoms with van der Waals surface area (Å²) in [6, 6.07) is 12.8. The second-order valence-electron chi connectivity index (χ2n) is 10.9. The van der Waals surface area contributed by atoms with Crippen LogP contribution in [0.15, 0.2) is 52.7 Å². The van der Waals surface area contributed by atoms with Gasteiger partial charge in [-0.15, -0.1) is 16.4 Å². The summed E-state index contributed by atoms with van der Waals surface area (Å²) in [5.74, 6) is -1.08. The number of sulfonamides is 1. The zero-order chi connectivity index (χ0) is 31.2. The summed E-state index contributed by atoms with van der Waals surface area (Å²) in [6.45, 7) is 6.32. The zero-order valence-electron chi connectivity index (χ0n) is 24.9. The first-order valence-electron chi connectivity index (χ1n) is 14.4. The summed E-state index contributed by atoms with van der Waals surface area (Å²) in [5, 5.41) is 21.3. The molecule has 5 aromatic rings. The Kier molecular flexibility index (Phi) is 8.03. The van der Waals surface area contributed by atoms with Crippen LogP contribution in [0.4, 0.5) is 0 Å². The number of hydrogen-bond donors (Lipinski definition) is 1. The fourth-order valence-electron chi connectivity index (χ4n) is 5.84. The predicted octanol–water partition coefficient (Wildman–Crippen LogP) is 5.25. The summed E-state index contributed by atoms with van der Waals surface area (Å²) in [4.78, 5) is 16.5. The first-order chi connectivity index (χ1) is 21.1. The molecule has 11 nitrogen and oxygen atoms in total. The molecule has 1 N–H and O–H groups in total. The average Bonchev–Trinajstić information content (AvgIpc) is 3.60. The van der Waals surface area contributed by atoms with Gasteiger partial charge in [-0.3, -0.25) is 4.79 Å². The van der Waals surface area contributed by atoms with Gasteiger partial charge in [0.25, 0.3) is 0 Å². The lowest BCUT2D eigenvalue weighted by molar-refractivity contribution is -0.137. The van der Waals surface area contributed by atoms with Gasteiger partial charge in [-0.25, -0.2) is 13.1 Å². The zero-order valence-corrected chi connectivity index (χ0v) is 26.5. The molecule has 6 rings (SSSR count). The molecule has 13 heteroatoms. The standard InChI is InChI=1S/C31H33N5O6S2/c1-5-22-17-36(44(39,40)26-9-10-27(41-6-2)32-31(26)42-22)16-21-14-20(13-19-11-12-43-30(19)21)24(15-28(37)38)23-7-8-25-29(18(23)3)33-34-35(25)4/h7-14,22,24H,5-6,15-17H2,1-4H3,(H,37,38)/t22-,24-/m1/s1. The van der Waals surface area contributed by atoms with Crippen LogP contribution < -0.4 is 9.47 Å². The van der Waals surface area contributed by atoms with Crippen molar-refractivity contribution in [1.82, 2.24) is 24.3 Å². The molecule has 0 radical (unpaired) electrons. The molecule has 0 saturated carbocycles. The fourth-order valence-corrected chi connectivity index (χ4v) is 8.23. The summed E-state index contributed by atoms with van der Waals surface area (Å²) in [6.07, 6.45) is 0.0144. The second-order valence-corrected chi connectivity index (χ2v) is 13.7. The normalized spacial score (nSPS) is 17.2. The van der Waals surface area contributed by atoms with Crippen molar-refractivity contribution in [2.45, 2.75) is 57.1 Å². The molecule has 44 heavy (non-hydrogen) atoms. The lowest BCUT2D eigenvalue weighted by Gasteiger charge is -2.24. The van der Waals surface area contributed by atoms with E-state index in [9.17, 15) is 18.3 Å². The van der Waals surface area contributed by atoms with E-state index in [1.807, 2.05) is 63.5 Å². The molecule has 3 aromatic heterocycles. The summed E-state index contributed by atoms with van der Waals surface area (Å²) in [7, 11) is -2.18. The molecule has 1 aliphatic rings. The number of carboxylic acids is 1. The van der Waals surface area contributed by atoms with Crippen LogP contribution >= 0.6 is 11.3 Å². The summed E-state index contributed by atoms with van der Waals surface area (Å²) >= 11 is 1.53. The van der Waals surface area contributed by atoms with E-state index in [-0.39, 0.29) is 30.3 Å². The van der Waals surface area contributed by atoms with Crippen molar-refractivity contribution in [1.29, 1.82) is 0 Å². The number of nitrogens with zero attached hydrogens (tertiary/aromatic N) is 5. The van der Waals surface area contributed by atoms with Crippen molar-refractivity contribution >= 4 is 48.4 Å². The first-order valence-corrected chi connectivity index (χ1v) is 16.7. The number of rotatable bonds is 9. The third kappa shape index (κ3) is 5.39. The third-order valence-corrected chi connectivity index (χ3v) is 10.9. The SMILES string of the molecule is CCOc1ccc2c(n1)O[C@H](CC)CN(Cc1cc([C@@H](CC(=O)O)c3ccc4c(nnn4C)c3C)cc3ccsc13)S2(=O)=O. The molecule has 2 aromatic carbocycles. The highest BCUT2D eigenvalue weighted by Crippen LogP contribution is 2.39. The number of aryl methyl sites for hydroxylation is 2. The van der Waals surface area contributed by atoms with E-state index in [0.717, 1.165) is 43.4 Å². The molecule has 0 aliphatic carbocycles. The Labute approximate surface area is 259 Å². The largest absolute Gasteiger partial charge is 0.481 e. The Balaban J connectivity index is 1.45. The van der Waals surface area contributed by atoms with Gasteiger partial charge in [-0.2, -0.15) is 9.29 Å². The van der Waals surface area contributed by atoms with Crippen molar-refractivity contribution in [2.24, 2.45) is 7.05 Å². The maximum absolute atomic E-state index is 14.1. The lowest BCUT2D eigenvalue weighted by atomic mass is 9.84. The van der Waals surface area contributed by atoms with Crippen LogP contribution in [-0.2, 0) is 28.4 Å². The highest BCUT2D eigenvalue weighted by molar-refractivity contribution is 7.89. The number of hydrogen-bond acceptors (Lipinski definition) is 9. The van der Waals surface area contributed by atoms with Gasteiger partial charge >= 0.3 is 5.97 Å². The Morgan fingerprint density at radius 2 is 2.02 bits per heavy atom. The van der Waals surface area contributed by atoms with Crippen LogP contribution in [0, 0.1) is 6.92 Å². The van der Waals surface area contributed by atoms with Gasteiger partial charge in [-0.1, -0.05) is 24.3 Å². The Bertz CT molecular complexity index is 1990. The Morgan fingerprint density at radius 3 is 2.77 bits per heavy atom. The molecule has 0 fully saturated rings. The van der Waals surface area contributed by atoms with Crippen LogP contribution in [-0.4, -0.2) is 63.0 Å². The summed E-state index contributed by atoms with van der Waals surface area (Å²) < 4.78 is 43.8. The van der Waals surface area contributed by atoms with Gasteiger partial charge in [0.15, 0.2) is 0 Å². The third-order valence-electron chi connectivity index (χ3n) is 8.08. The highest BCUT2D eigenvalue weighted by atomic mass is 32.2. The average molecular weight is 636 g/mol. The highest BCUT2D eigenvalue weighted by Gasteiger charge is 2.36. The van der Waals surface area contributed by atoms with Gasteiger partial charge in [-0.05, 0) is 77.6 Å². The maximum atomic E-state index is 14.1. The Hall–Kier alpha value is -4.07. The monoisotopic (exact) mass is 635 g/mol. The van der Waals surface area contributed by atoms with E-state index in [4.69, 9.17) is 9.47 Å². The van der Waals surface area contributed by atoms with Gasteiger partial charge in [0.2, 0.25) is 21.8 Å². The summed E-state index contributed by atoms with van der Waals surface area (Å²) in [5.41, 5.74) is 4.87. The minimum absolute atomic E-state index is 0.00728. The van der Waals surface area contributed by atoms with E-state index in [2.05, 4.69) is 15.3 Å². The number of ether oxygens (including phenoxy) is 2. The van der Waals surface area contributed by atoms with Crippen LogP contribution in [0.1, 0.15) is 54.9 Å². The van der Waals surface area contributed by atoms with Crippen LogP contribution in [0.5, 0.6) is 11.8 Å². The van der Waals surface area contributed by atoms with Crippen LogP contribution in [0.2, 0.25) is 0 Å².